The molecule has 0 amide bonds. The van der Waals surface area contributed by atoms with E-state index >= 15 is 0 Å². The van der Waals surface area contributed by atoms with Gasteiger partial charge in [-0.1, -0.05) is 119 Å². The van der Waals surface area contributed by atoms with E-state index in [-0.39, 0.29) is 0 Å². The fourth-order valence-corrected chi connectivity index (χ4v) is 4.53. The second kappa shape index (κ2) is 8.89. The summed E-state index contributed by atoms with van der Waals surface area (Å²) in [6.45, 7) is 0. The lowest BCUT2D eigenvalue weighted by Gasteiger charge is -2.36. The maximum atomic E-state index is 4.58. The van der Waals surface area contributed by atoms with Crippen LogP contribution < -0.4 is 0 Å². The highest BCUT2D eigenvalue weighted by Gasteiger charge is 2.41. The number of tetrazole rings is 1. The third kappa shape index (κ3) is 3.65. The van der Waals surface area contributed by atoms with Crippen LogP contribution >= 0.6 is 15.9 Å². The summed E-state index contributed by atoms with van der Waals surface area (Å²) in [5, 5.41) is 13.2. The van der Waals surface area contributed by atoms with Crippen molar-refractivity contribution in [1.82, 2.24) is 20.2 Å². The van der Waals surface area contributed by atoms with Crippen LogP contribution in [-0.4, -0.2) is 20.2 Å². The van der Waals surface area contributed by atoms with Crippen LogP contribution in [0.4, 0.5) is 0 Å². The van der Waals surface area contributed by atoms with E-state index < -0.39 is 5.54 Å². The molecule has 1 heterocycles. The predicted molar refractivity (Wildman–Crippen MR) is 129 cm³/mol. The quantitative estimate of drug-likeness (QED) is 0.285. The van der Waals surface area contributed by atoms with E-state index in [0.29, 0.717) is 6.42 Å². The first kappa shape index (κ1) is 20.3. The summed E-state index contributed by atoms with van der Waals surface area (Å²) in [5.74, 6) is 0.795. The van der Waals surface area contributed by atoms with Crippen LogP contribution in [0.5, 0.6) is 0 Å². The molecule has 0 aliphatic rings. The molecule has 0 atom stereocenters. The van der Waals surface area contributed by atoms with Crippen molar-refractivity contribution in [3.63, 3.8) is 0 Å². The SMILES string of the molecule is Brc1ccc(Cc2nnnn2C(c2ccccc2)(c2ccccc2)c2ccccc2)cc1. The van der Waals surface area contributed by atoms with Crippen LogP contribution in [0.1, 0.15) is 28.1 Å². The van der Waals surface area contributed by atoms with E-state index in [0.717, 1.165) is 32.6 Å². The van der Waals surface area contributed by atoms with E-state index in [1.807, 2.05) is 35.0 Å². The Bertz CT molecular complexity index is 1190. The van der Waals surface area contributed by atoms with Crippen molar-refractivity contribution in [1.29, 1.82) is 0 Å². The normalized spacial score (nSPS) is 11.4. The number of nitrogens with zero attached hydrogens (tertiary/aromatic N) is 4. The Labute approximate surface area is 195 Å². The van der Waals surface area contributed by atoms with E-state index in [9.17, 15) is 0 Å². The van der Waals surface area contributed by atoms with Crippen molar-refractivity contribution in [2.75, 3.05) is 0 Å². The summed E-state index contributed by atoms with van der Waals surface area (Å²) < 4.78 is 3.03. The Kier molecular flexibility index (Phi) is 5.65. The van der Waals surface area contributed by atoms with Crippen LogP contribution in [0.3, 0.4) is 0 Å². The molecule has 5 heteroatoms. The van der Waals surface area contributed by atoms with E-state index in [1.165, 1.54) is 0 Å². The van der Waals surface area contributed by atoms with Crippen LogP contribution in [0, 0.1) is 0 Å². The monoisotopic (exact) mass is 480 g/mol. The van der Waals surface area contributed by atoms with Crippen LogP contribution in [0.15, 0.2) is 120 Å². The van der Waals surface area contributed by atoms with Gasteiger partial charge < -0.3 is 0 Å². The molecule has 0 radical (unpaired) electrons. The summed E-state index contributed by atoms with van der Waals surface area (Å²) >= 11 is 3.52. The van der Waals surface area contributed by atoms with Gasteiger partial charge in [-0.2, -0.15) is 0 Å². The van der Waals surface area contributed by atoms with E-state index in [2.05, 4.69) is 116 Å². The van der Waals surface area contributed by atoms with E-state index in [1.54, 1.807) is 0 Å². The summed E-state index contributed by atoms with van der Waals surface area (Å²) in [6.07, 6.45) is 0.620. The first-order chi connectivity index (χ1) is 15.8. The Hall–Kier alpha value is -3.57. The van der Waals surface area contributed by atoms with Crippen molar-refractivity contribution >= 4 is 15.9 Å². The maximum absolute atomic E-state index is 4.58. The van der Waals surface area contributed by atoms with Gasteiger partial charge in [-0.15, -0.1) is 5.10 Å². The molecule has 0 aliphatic heterocycles. The average molecular weight is 481 g/mol. The Morgan fingerprint density at radius 3 is 1.56 bits per heavy atom. The first-order valence-electron chi connectivity index (χ1n) is 10.5. The molecule has 4 aromatic carbocycles. The smallest absolute Gasteiger partial charge is 0.157 e. The molecule has 4 nitrogen and oxygen atoms in total. The zero-order valence-electron chi connectivity index (χ0n) is 17.3. The molecule has 0 bridgehead atoms. The van der Waals surface area contributed by atoms with Crippen LogP contribution in [0.2, 0.25) is 0 Å². The number of hydrogen-bond donors (Lipinski definition) is 0. The van der Waals surface area contributed by atoms with Gasteiger partial charge in [0.15, 0.2) is 5.82 Å². The summed E-state index contributed by atoms with van der Waals surface area (Å²) in [6, 6.07) is 39.6. The summed E-state index contributed by atoms with van der Waals surface area (Å²) in [5.41, 5.74) is 3.73. The molecule has 0 fully saturated rings. The number of benzene rings is 4. The minimum absolute atomic E-state index is 0.620. The molecular formula is C27H21BrN4. The molecule has 0 spiro atoms. The first-order valence-corrected chi connectivity index (χ1v) is 11.3. The van der Waals surface area contributed by atoms with Gasteiger partial charge in [0.2, 0.25) is 0 Å². The molecular weight excluding hydrogens is 460 g/mol. The van der Waals surface area contributed by atoms with Gasteiger partial charge in [0.05, 0.1) is 0 Å². The number of halogens is 1. The zero-order valence-corrected chi connectivity index (χ0v) is 18.9. The average Bonchev–Trinajstić information content (AvgIpc) is 3.31. The third-order valence-corrected chi connectivity index (χ3v) is 6.23. The molecule has 0 saturated carbocycles. The van der Waals surface area contributed by atoms with Crippen molar-refractivity contribution < 1.29 is 0 Å². The Morgan fingerprint density at radius 1 is 0.625 bits per heavy atom. The van der Waals surface area contributed by atoms with Gasteiger partial charge in [0.1, 0.15) is 5.54 Å². The molecule has 0 unspecified atom stereocenters. The fourth-order valence-electron chi connectivity index (χ4n) is 4.27. The topological polar surface area (TPSA) is 43.6 Å². The van der Waals surface area contributed by atoms with Crippen molar-refractivity contribution in [2.24, 2.45) is 0 Å². The van der Waals surface area contributed by atoms with Crippen LogP contribution in [0.25, 0.3) is 0 Å². The summed E-state index contributed by atoms with van der Waals surface area (Å²) in [4.78, 5) is 0. The lowest BCUT2D eigenvalue weighted by Crippen LogP contribution is -2.40. The Morgan fingerprint density at radius 2 is 1.09 bits per heavy atom. The molecule has 5 aromatic rings. The van der Waals surface area contributed by atoms with Crippen molar-refractivity contribution in [3.8, 4) is 0 Å². The molecule has 5 rings (SSSR count). The molecule has 0 N–H and O–H groups in total. The zero-order chi connectivity index (χ0) is 21.8. The van der Waals surface area contributed by atoms with Gasteiger partial charge >= 0.3 is 0 Å². The van der Waals surface area contributed by atoms with Gasteiger partial charge in [-0.25, -0.2) is 4.68 Å². The Balaban J connectivity index is 1.79. The maximum Gasteiger partial charge on any atom is 0.157 e. The number of aromatic nitrogens is 4. The van der Waals surface area contributed by atoms with Gasteiger partial charge in [0, 0.05) is 10.9 Å². The second-order valence-electron chi connectivity index (χ2n) is 7.62. The molecule has 0 aliphatic carbocycles. The lowest BCUT2D eigenvalue weighted by atomic mass is 9.77. The highest BCUT2D eigenvalue weighted by atomic mass is 79.9. The second-order valence-corrected chi connectivity index (χ2v) is 8.53. The molecule has 156 valence electrons. The third-order valence-electron chi connectivity index (χ3n) is 5.70. The largest absolute Gasteiger partial charge is 0.210 e. The standard InChI is InChI=1S/C27H21BrN4/c28-25-18-16-21(17-19-25)20-26-29-30-31-32(26)27(22-10-4-1-5-11-22,23-12-6-2-7-13-23)24-14-8-3-9-15-24/h1-19H,20H2. The minimum atomic E-state index is -0.710. The molecule has 0 saturated heterocycles. The highest BCUT2D eigenvalue weighted by Crippen LogP contribution is 2.40. The van der Waals surface area contributed by atoms with Gasteiger partial charge in [-0.05, 0) is 44.8 Å². The van der Waals surface area contributed by atoms with Crippen molar-refractivity contribution in [3.05, 3.63) is 148 Å². The van der Waals surface area contributed by atoms with E-state index in [4.69, 9.17) is 0 Å². The minimum Gasteiger partial charge on any atom is -0.210 e. The fraction of sp³-hybridized carbons (Fsp3) is 0.0741. The van der Waals surface area contributed by atoms with Gasteiger partial charge in [-0.3, -0.25) is 0 Å². The number of hydrogen-bond acceptors (Lipinski definition) is 3. The molecule has 32 heavy (non-hydrogen) atoms. The number of rotatable bonds is 6. The summed E-state index contributed by atoms with van der Waals surface area (Å²) in [7, 11) is 0. The van der Waals surface area contributed by atoms with Gasteiger partial charge in [0.25, 0.3) is 0 Å². The van der Waals surface area contributed by atoms with Crippen LogP contribution in [-0.2, 0) is 12.0 Å². The van der Waals surface area contributed by atoms with Crippen molar-refractivity contribution in [2.45, 2.75) is 12.0 Å². The molecule has 1 aromatic heterocycles. The predicted octanol–water partition coefficient (Wildman–Crippen LogP) is 5.87. The lowest BCUT2D eigenvalue weighted by molar-refractivity contribution is 0.433. The highest BCUT2D eigenvalue weighted by molar-refractivity contribution is 9.10.